The molecule has 1 nitrogen and oxygen atoms in total. The molecule has 1 heteroatoms. The van der Waals surface area contributed by atoms with Gasteiger partial charge in [0.2, 0.25) is 0 Å². The summed E-state index contributed by atoms with van der Waals surface area (Å²) in [5.41, 5.74) is 1.53. The SMILES string of the molecule is C/C=C(/C)CCN1CCCCC1. The van der Waals surface area contributed by atoms with E-state index in [0.717, 1.165) is 0 Å². The van der Waals surface area contributed by atoms with Crippen molar-refractivity contribution in [3.8, 4) is 0 Å². The second kappa shape index (κ2) is 5.36. The van der Waals surface area contributed by atoms with Crippen molar-refractivity contribution in [2.75, 3.05) is 19.6 Å². The molecule has 0 amide bonds. The van der Waals surface area contributed by atoms with Gasteiger partial charge in [0.15, 0.2) is 0 Å². The number of hydrogen-bond donors (Lipinski definition) is 0. The van der Waals surface area contributed by atoms with Gasteiger partial charge in [-0.15, -0.1) is 0 Å². The smallest absolute Gasteiger partial charge is 0.00185 e. The second-order valence-electron chi connectivity index (χ2n) is 3.79. The highest BCUT2D eigenvalue weighted by Gasteiger charge is 2.08. The van der Waals surface area contributed by atoms with Crippen molar-refractivity contribution in [3.05, 3.63) is 11.6 Å². The Morgan fingerprint density at radius 1 is 1.25 bits per heavy atom. The standard InChI is InChI=1S/C11H21N/c1-3-11(2)7-10-12-8-5-4-6-9-12/h3H,4-10H2,1-2H3/b11-3-. The Morgan fingerprint density at radius 2 is 1.92 bits per heavy atom. The summed E-state index contributed by atoms with van der Waals surface area (Å²) in [5, 5.41) is 0. The van der Waals surface area contributed by atoms with Crippen LogP contribution in [0.1, 0.15) is 39.5 Å². The molecule has 0 spiro atoms. The van der Waals surface area contributed by atoms with Crippen molar-refractivity contribution in [2.24, 2.45) is 0 Å². The molecule has 1 aliphatic rings. The molecule has 0 saturated carbocycles. The quantitative estimate of drug-likeness (QED) is 0.584. The van der Waals surface area contributed by atoms with Crippen LogP contribution in [0.3, 0.4) is 0 Å². The van der Waals surface area contributed by atoms with Crippen LogP contribution >= 0.6 is 0 Å². The van der Waals surface area contributed by atoms with E-state index in [1.54, 1.807) is 0 Å². The fourth-order valence-corrected chi connectivity index (χ4v) is 1.66. The van der Waals surface area contributed by atoms with E-state index >= 15 is 0 Å². The molecule has 1 saturated heterocycles. The first-order chi connectivity index (χ1) is 5.83. The Bertz CT molecular complexity index is 143. The zero-order valence-electron chi connectivity index (χ0n) is 8.47. The molecule has 0 aromatic rings. The number of hydrogen-bond acceptors (Lipinski definition) is 1. The average molecular weight is 167 g/mol. The van der Waals surface area contributed by atoms with Gasteiger partial charge in [-0.05, 0) is 46.2 Å². The molecule has 0 N–H and O–H groups in total. The first-order valence-corrected chi connectivity index (χ1v) is 5.17. The molecule has 1 aliphatic heterocycles. The Balaban J connectivity index is 2.13. The number of rotatable bonds is 3. The van der Waals surface area contributed by atoms with Gasteiger partial charge in [-0.3, -0.25) is 0 Å². The molecule has 1 heterocycles. The number of nitrogens with zero attached hydrogens (tertiary/aromatic N) is 1. The summed E-state index contributed by atoms with van der Waals surface area (Å²) in [6.07, 6.45) is 7.75. The van der Waals surface area contributed by atoms with Gasteiger partial charge in [0, 0.05) is 6.54 Å². The Labute approximate surface area is 76.5 Å². The normalized spacial score (nSPS) is 21.3. The zero-order valence-corrected chi connectivity index (χ0v) is 8.47. The Kier molecular flexibility index (Phi) is 4.37. The average Bonchev–Trinajstić information content (AvgIpc) is 2.16. The zero-order chi connectivity index (χ0) is 8.81. The predicted molar refractivity (Wildman–Crippen MR) is 54.3 cm³/mol. The highest BCUT2D eigenvalue weighted by Crippen LogP contribution is 2.10. The van der Waals surface area contributed by atoms with Crippen molar-refractivity contribution in [2.45, 2.75) is 39.5 Å². The van der Waals surface area contributed by atoms with Crippen LogP contribution in [-0.2, 0) is 0 Å². The van der Waals surface area contributed by atoms with Crippen LogP contribution in [0.4, 0.5) is 0 Å². The molecule has 0 radical (unpaired) electrons. The Morgan fingerprint density at radius 3 is 2.50 bits per heavy atom. The first kappa shape index (κ1) is 9.79. The third-order valence-electron chi connectivity index (χ3n) is 2.76. The van der Waals surface area contributed by atoms with Crippen LogP contribution < -0.4 is 0 Å². The lowest BCUT2D eigenvalue weighted by Gasteiger charge is -2.26. The number of piperidine rings is 1. The van der Waals surface area contributed by atoms with Crippen molar-refractivity contribution in [1.29, 1.82) is 0 Å². The summed E-state index contributed by atoms with van der Waals surface area (Å²) in [7, 11) is 0. The minimum absolute atomic E-state index is 1.26. The topological polar surface area (TPSA) is 3.24 Å². The molecule has 0 aromatic carbocycles. The summed E-state index contributed by atoms with van der Waals surface area (Å²) in [5.74, 6) is 0. The van der Waals surface area contributed by atoms with Gasteiger partial charge in [0.1, 0.15) is 0 Å². The molecule has 1 fully saturated rings. The maximum absolute atomic E-state index is 2.59. The summed E-state index contributed by atoms with van der Waals surface area (Å²) < 4.78 is 0. The van der Waals surface area contributed by atoms with Crippen LogP contribution in [0, 0.1) is 0 Å². The van der Waals surface area contributed by atoms with E-state index < -0.39 is 0 Å². The predicted octanol–water partition coefficient (Wildman–Crippen LogP) is 2.83. The molecular formula is C11H21N. The van der Waals surface area contributed by atoms with E-state index in [1.165, 1.54) is 50.9 Å². The molecule has 0 atom stereocenters. The van der Waals surface area contributed by atoms with Crippen LogP contribution in [0.2, 0.25) is 0 Å². The third kappa shape index (κ3) is 3.40. The molecule has 1 rings (SSSR count). The van der Waals surface area contributed by atoms with Crippen molar-refractivity contribution < 1.29 is 0 Å². The van der Waals surface area contributed by atoms with Crippen LogP contribution in [0.15, 0.2) is 11.6 Å². The summed E-state index contributed by atoms with van der Waals surface area (Å²) >= 11 is 0. The fraction of sp³-hybridized carbons (Fsp3) is 0.818. The van der Waals surface area contributed by atoms with Gasteiger partial charge >= 0.3 is 0 Å². The van der Waals surface area contributed by atoms with Crippen molar-refractivity contribution >= 4 is 0 Å². The first-order valence-electron chi connectivity index (χ1n) is 5.17. The maximum atomic E-state index is 2.59. The number of likely N-dealkylation sites (tertiary alicyclic amines) is 1. The van der Waals surface area contributed by atoms with E-state index in [1.807, 2.05) is 0 Å². The highest BCUT2D eigenvalue weighted by atomic mass is 15.1. The van der Waals surface area contributed by atoms with E-state index in [0.29, 0.717) is 0 Å². The maximum Gasteiger partial charge on any atom is 0.00185 e. The van der Waals surface area contributed by atoms with E-state index in [2.05, 4.69) is 24.8 Å². The molecule has 12 heavy (non-hydrogen) atoms. The van der Waals surface area contributed by atoms with E-state index in [9.17, 15) is 0 Å². The monoisotopic (exact) mass is 167 g/mol. The molecule has 70 valence electrons. The van der Waals surface area contributed by atoms with Gasteiger partial charge < -0.3 is 4.90 Å². The van der Waals surface area contributed by atoms with Gasteiger partial charge in [-0.2, -0.15) is 0 Å². The second-order valence-corrected chi connectivity index (χ2v) is 3.79. The van der Waals surface area contributed by atoms with Crippen molar-refractivity contribution in [1.82, 2.24) is 4.90 Å². The summed E-state index contributed by atoms with van der Waals surface area (Å²) in [6, 6.07) is 0. The lowest BCUT2D eigenvalue weighted by Crippen LogP contribution is -2.30. The van der Waals surface area contributed by atoms with Crippen LogP contribution in [-0.4, -0.2) is 24.5 Å². The summed E-state index contributed by atoms with van der Waals surface area (Å²) in [4.78, 5) is 2.59. The van der Waals surface area contributed by atoms with Crippen LogP contribution in [0.5, 0.6) is 0 Å². The number of allylic oxidation sites excluding steroid dienone is 1. The lowest BCUT2D eigenvalue weighted by atomic mass is 10.1. The molecule has 0 aromatic heterocycles. The highest BCUT2D eigenvalue weighted by molar-refractivity contribution is 4.95. The van der Waals surface area contributed by atoms with Crippen LogP contribution in [0.25, 0.3) is 0 Å². The molecule has 0 unspecified atom stereocenters. The Hall–Kier alpha value is -0.300. The van der Waals surface area contributed by atoms with Gasteiger partial charge in [-0.1, -0.05) is 18.1 Å². The third-order valence-corrected chi connectivity index (χ3v) is 2.76. The largest absolute Gasteiger partial charge is 0.303 e. The van der Waals surface area contributed by atoms with Gasteiger partial charge in [0.25, 0.3) is 0 Å². The fourth-order valence-electron chi connectivity index (χ4n) is 1.66. The minimum Gasteiger partial charge on any atom is -0.303 e. The minimum atomic E-state index is 1.26. The van der Waals surface area contributed by atoms with E-state index in [-0.39, 0.29) is 0 Å². The molecule has 0 aliphatic carbocycles. The van der Waals surface area contributed by atoms with E-state index in [4.69, 9.17) is 0 Å². The molecule has 0 bridgehead atoms. The van der Waals surface area contributed by atoms with Crippen molar-refractivity contribution in [3.63, 3.8) is 0 Å². The van der Waals surface area contributed by atoms with Gasteiger partial charge in [-0.25, -0.2) is 0 Å². The van der Waals surface area contributed by atoms with Gasteiger partial charge in [0.05, 0.1) is 0 Å². The molecular weight excluding hydrogens is 146 g/mol. The summed E-state index contributed by atoms with van der Waals surface area (Å²) in [6.45, 7) is 8.29. The lowest BCUT2D eigenvalue weighted by molar-refractivity contribution is 0.231.